The van der Waals surface area contributed by atoms with Crippen molar-refractivity contribution in [2.45, 2.75) is 70.6 Å². The van der Waals surface area contributed by atoms with E-state index in [-0.39, 0.29) is 17.9 Å². The van der Waals surface area contributed by atoms with Crippen LogP contribution >= 0.6 is 11.6 Å². The summed E-state index contributed by atoms with van der Waals surface area (Å²) in [5.74, 6) is 2.33. The topological polar surface area (TPSA) is 83.5 Å². The van der Waals surface area contributed by atoms with Gasteiger partial charge in [-0.2, -0.15) is 0 Å². The quantitative estimate of drug-likeness (QED) is 0.655. The second kappa shape index (κ2) is 11.0. The van der Waals surface area contributed by atoms with E-state index in [0.717, 1.165) is 49.6 Å². The van der Waals surface area contributed by atoms with E-state index in [1.165, 1.54) is 5.56 Å². The largest absolute Gasteiger partial charge is 0.385 e. The van der Waals surface area contributed by atoms with Crippen LogP contribution in [0, 0.1) is 5.92 Å². The Balaban J connectivity index is 1.42. The van der Waals surface area contributed by atoms with Gasteiger partial charge in [0, 0.05) is 43.2 Å². The van der Waals surface area contributed by atoms with Gasteiger partial charge >= 0.3 is 0 Å². The molecular formula is C25H36ClN5O2. The van der Waals surface area contributed by atoms with E-state index < -0.39 is 0 Å². The number of rotatable bonds is 7. The van der Waals surface area contributed by atoms with Gasteiger partial charge in [-0.1, -0.05) is 37.6 Å². The molecule has 0 saturated carbocycles. The number of likely N-dealkylation sites (tertiary alicyclic amines) is 1. The third-order valence-corrected chi connectivity index (χ3v) is 7.23. The van der Waals surface area contributed by atoms with E-state index in [1.807, 2.05) is 12.1 Å². The van der Waals surface area contributed by atoms with Crippen LogP contribution in [0.2, 0.25) is 5.02 Å². The lowest BCUT2D eigenvalue weighted by Gasteiger charge is -2.46. The van der Waals surface area contributed by atoms with Gasteiger partial charge in [0.15, 0.2) is 5.78 Å². The Labute approximate surface area is 202 Å². The van der Waals surface area contributed by atoms with Crippen molar-refractivity contribution in [3.63, 3.8) is 0 Å². The van der Waals surface area contributed by atoms with Crippen molar-refractivity contribution in [3.05, 3.63) is 34.9 Å². The van der Waals surface area contributed by atoms with Crippen molar-refractivity contribution in [1.82, 2.24) is 9.80 Å². The molecule has 0 unspecified atom stereocenters. The lowest BCUT2D eigenvalue weighted by Crippen LogP contribution is -2.58. The lowest BCUT2D eigenvalue weighted by molar-refractivity contribution is -0.143. The second-order valence-corrected chi connectivity index (χ2v) is 10.3. The Hall–Kier alpha value is -1.96. The summed E-state index contributed by atoms with van der Waals surface area (Å²) in [5, 5.41) is 8.98. The van der Waals surface area contributed by atoms with Gasteiger partial charge in [-0.25, -0.2) is 0 Å². The number of ether oxygens (including phenoxy) is 1. The Morgan fingerprint density at radius 1 is 1.21 bits per heavy atom. The fraction of sp³-hybridized carbons (Fsp3) is 0.640. The van der Waals surface area contributed by atoms with Crippen molar-refractivity contribution < 1.29 is 9.53 Å². The number of ketones is 1. The smallest absolute Gasteiger partial charge is 0.162 e. The van der Waals surface area contributed by atoms with Gasteiger partial charge < -0.3 is 15.4 Å². The first-order valence-electron chi connectivity index (χ1n) is 12.2. The summed E-state index contributed by atoms with van der Waals surface area (Å²) in [6, 6.07) is 8.73. The zero-order valence-electron chi connectivity index (χ0n) is 19.8. The Morgan fingerprint density at radius 2 is 1.94 bits per heavy atom. The number of hydrogen-bond donors (Lipinski definition) is 1. The molecule has 0 spiro atoms. The normalized spacial score (nSPS) is 24.8. The number of halogens is 1. The van der Waals surface area contributed by atoms with E-state index in [0.29, 0.717) is 43.8 Å². The molecule has 2 atom stereocenters. The number of carbonyl (C=O) groups excluding carboxylic acids is 1. The first kappa shape index (κ1) is 24.2. The molecule has 3 heterocycles. The Kier molecular flexibility index (Phi) is 8.04. The standard InChI is InChI=1S/C25H36ClN5O2/c1-17(2)3-8-22(32)23-15-31(21(16-33-23)13-18-4-6-19(26)7-5-18)20-9-11-30(12-10-20)25-14-24(27)28-29-25/h4-7,17,20-21,23H,3,8-16H2,1-2H3,(H2,27,28)/t21-,23+/m0/s1. The van der Waals surface area contributed by atoms with E-state index in [9.17, 15) is 4.79 Å². The van der Waals surface area contributed by atoms with E-state index >= 15 is 0 Å². The van der Waals surface area contributed by atoms with Gasteiger partial charge in [0.1, 0.15) is 17.8 Å². The molecule has 33 heavy (non-hydrogen) atoms. The summed E-state index contributed by atoms with van der Waals surface area (Å²) in [6.07, 6.45) is 4.79. The lowest BCUT2D eigenvalue weighted by atomic mass is 9.94. The molecule has 180 valence electrons. The molecule has 0 bridgehead atoms. The number of nitrogens with zero attached hydrogens (tertiary/aromatic N) is 4. The Bertz CT molecular complexity index is 877. The van der Waals surface area contributed by atoms with Gasteiger partial charge in [-0.15, -0.1) is 10.2 Å². The minimum atomic E-state index is -0.323. The SMILES string of the molecule is CC(C)CCC(=O)[C@H]1CN(C2CCN(C3=NN=C(N)C3)CC2)[C@@H](Cc2ccc(Cl)cc2)CO1. The molecule has 8 heteroatoms. The van der Waals surface area contributed by atoms with Crippen molar-refractivity contribution in [1.29, 1.82) is 0 Å². The average Bonchev–Trinajstić information content (AvgIpc) is 3.25. The van der Waals surface area contributed by atoms with Crippen LogP contribution in [0.25, 0.3) is 0 Å². The van der Waals surface area contributed by atoms with Crippen LogP contribution in [0.4, 0.5) is 0 Å². The van der Waals surface area contributed by atoms with Crippen LogP contribution in [0.5, 0.6) is 0 Å². The van der Waals surface area contributed by atoms with Crippen molar-refractivity contribution in [2.75, 3.05) is 26.2 Å². The van der Waals surface area contributed by atoms with Crippen LogP contribution in [-0.2, 0) is 16.0 Å². The Morgan fingerprint density at radius 3 is 2.58 bits per heavy atom. The molecule has 0 amide bonds. The number of nitrogens with two attached hydrogens (primary N) is 1. The summed E-state index contributed by atoms with van der Waals surface area (Å²) in [7, 11) is 0. The summed E-state index contributed by atoms with van der Waals surface area (Å²) in [6.45, 7) is 7.44. The van der Waals surface area contributed by atoms with Crippen LogP contribution in [-0.4, -0.2) is 71.7 Å². The predicted molar refractivity (Wildman–Crippen MR) is 133 cm³/mol. The molecule has 0 aliphatic carbocycles. The molecule has 1 aromatic rings. The van der Waals surface area contributed by atoms with Gasteiger partial charge in [-0.05, 0) is 49.3 Å². The average molecular weight is 474 g/mol. The minimum absolute atomic E-state index is 0.240. The van der Waals surface area contributed by atoms with Gasteiger partial charge in [0.25, 0.3) is 0 Å². The molecule has 1 aromatic carbocycles. The van der Waals surface area contributed by atoms with Crippen LogP contribution in [0.15, 0.2) is 34.5 Å². The zero-order valence-corrected chi connectivity index (χ0v) is 20.5. The summed E-state index contributed by atoms with van der Waals surface area (Å²) in [4.78, 5) is 17.7. The van der Waals surface area contributed by atoms with Gasteiger partial charge in [-0.3, -0.25) is 9.69 Å². The number of hydrogen-bond acceptors (Lipinski definition) is 7. The van der Waals surface area contributed by atoms with Crippen LogP contribution in [0.3, 0.4) is 0 Å². The highest BCUT2D eigenvalue weighted by atomic mass is 35.5. The highest BCUT2D eigenvalue weighted by molar-refractivity contribution is 6.30. The molecule has 4 rings (SSSR count). The fourth-order valence-corrected chi connectivity index (χ4v) is 5.13. The third kappa shape index (κ3) is 6.34. The molecule has 2 fully saturated rings. The molecular weight excluding hydrogens is 438 g/mol. The monoisotopic (exact) mass is 473 g/mol. The number of morpholine rings is 1. The highest BCUT2D eigenvalue weighted by Crippen LogP contribution is 2.27. The number of amidine groups is 2. The van der Waals surface area contributed by atoms with Crippen molar-refractivity contribution in [3.8, 4) is 0 Å². The van der Waals surface area contributed by atoms with Gasteiger partial charge in [0.05, 0.1) is 13.0 Å². The molecule has 2 saturated heterocycles. The zero-order chi connectivity index (χ0) is 23.4. The number of piperidine rings is 1. The summed E-state index contributed by atoms with van der Waals surface area (Å²) in [5.41, 5.74) is 7.05. The molecule has 7 nitrogen and oxygen atoms in total. The summed E-state index contributed by atoms with van der Waals surface area (Å²) < 4.78 is 6.14. The minimum Gasteiger partial charge on any atom is -0.385 e. The second-order valence-electron chi connectivity index (χ2n) is 9.90. The third-order valence-electron chi connectivity index (χ3n) is 6.98. The van der Waals surface area contributed by atoms with Crippen molar-refractivity contribution in [2.24, 2.45) is 21.9 Å². The fourth-order valence-electron chi connectivity index (χ4n) is 5.00. The number of Topliss-reactive ketones (excluding diaryl/α,β-unsaturated/α-hetero) is 1. The molecule has 0 aromatic heterocycles. The molecule has 2 N–H and O–H groups in total. The van der Waals surface area contributed by atoms with E-state index in [4.69, 9.17) is 22.1 Å². The maximum absolute atomic E-state index is 12.9. The first-order valence-corrected chi connectivity index (χ1v) is 12.5. The first-order chi connectivity index (χ1) is 15.9. The molecule has 3 aliphatic rings. The highest BCUT2D eigenvalue weighted by Gasteiger charge is 2.38. The van der Waals surface area contributed by atoms with Crippen LogP contribution in [0.1, 0.15) is 51.5 Å². The van der Waals surface area contributed by atoms with E-state index in [1.54, 1.807) is 0 Å². The van der Waals surface area contributed by atoms with E-state index in [2.05, 4.69) is 46.0 Å². The molecule has 0 radical (unpaired) electrons. The maximum atomic E-state index is 12.9. The number of carbonyl (C=O) groups is 1. The predicted octanol–water partition coefficient (Wildman–Crippen LogP) is 3.50. The molecule has 3 aliphatic heterocycles. The maximum Gasteiger partial charge on any atom is 0.162 e. The number of benzene rings is 1. The van der Waals surface area contributed by atoms with Crippen LogP contribution < -0.4 is 5.73 Å². The van der Waals surface area contributed by atoms with Gasteiger partial charge in [0.2, 0.25) is 0 Å². The summed E-state index contributed by atoms with van der Waals surface area (Å²) >= 11 is 6.08. The van der Waals surface area contributed by atoms with Crippen molar-refractivity contribution >= 4 is 29.1 Å².